The molecule has 0 aliphatic rings. The van der Waals surface area contributed by atoms with Crippen LogP contribution in [-0.4, -0.2) is 17.0 Å². The number of hydrogen-bond donors (Lipinski definition) is 1. The molecule has 0 spiro atoms. The lowest BCUT2D eigenvalue weighted by Crippen LogP contribution is -1.94. The summed E-state index contributed by atoms with van der Waals surface area (Å²) in [5.41, 5.74) is 3.78. The maximum Gasteiger partial charge on any atom is 0.273 e. The molecule has 30 heavy (non-hydrogen) atoms. The van der Waals surface area contributed by atoms with Gasteiger partial charge in [-0.15, -0.1) is 0 Å². The highest BCUT2D eigenvalue weighted by molar-refractivity contribution is 5.86. The topological polar surface area (TPSA) is 77.4 Å². The number of non-ortho nitro benzene ring substituents is 1. The number of nitrogens with zero attached hydrogens (tertiary/aromatic N) is 1. The van der Waals surface area contributed by atoms with E-state index in [-0.39, 0.29) is 5.69 Å². The van der Waals surface area contributed by atoms with E-state index in [4.69, 9.17) is 9.47 Å². The quantitative estimate of drug-likeness (QED) is 0.312. The van der Waals surface area contributed by atoms with E-state index in [9.17, 15) is 10.1 Å². The van der Waals surface area contributed by atoms with Crippen LogP contribution in [0.25, 0.3) is 23.1 Å². The third-order valence-corrected chi connectivity index (χ3v) is 4.73. The maximum absolute atomic E-state index is 10.9. The van der Waals surface area contributed by atoms with Gasteiger partial charge in [0.1, 0.15) is 18.1 Å². The van der Waals surface area contributed by atoms with Gasteiger partial charge in [-0.2, -0.15) is 0 Å². The van der Waals surface area contributed by atoms with E-state index < -0.39 is 4.92 Å². The molecule has 3 aromatic carbocycles. The Balaban J connectivity index is 1.52. The van der Waals surface area contributed by atoms with Gasteiger partial charge in [0.05, 0.1) is 18.1 Å². The number of nitrogens with one attached hydrogen (secondary N) is 1. The van der Waals surface area contributed by atoms with Crippen molar-refractivity contribution < 1.29 is 14.4 Å². The SMILES string of the molecule is COc1cc([N+](=O)[O-])ccc1C=Cc1cc2cc(OCc3ccccc3)ccc2[nH]1. The number of fused-ring (bicyclic) bond motifs is 1. The van der Waals surface area contributed by atoms with Gasteiger partial charge < -0.3 is 14.5 Å². The Hall–Kier alpha value is -4.06. The fourth-order valence-corrected chi connectivity index (χ4v) is 3.18. The molecular formula is C24H20N2O4. The standard InChI is InChI=1S/C24H20N2O4/c1-29-24-15-21(26(27)28)10-8-18(24)7-9-20-13-19-14-22(11-12-23(19)25-20)30-16-17-5-3-2-4-6-17/h2-15,25H,16H2,1H3. The van der Waals surface area contributed by atoms with Gasteiger partial charge >= 0.3 is 0 Å². The summed E-state index contributed by atoms with van der Waals surface area (Å²) in [5, 5.41) is 12.0. The van der Waals surface area contributed by atoms with Crippen molar-refractivity contribution in [2.75, 3.05) is 7.11 Å². The Morgan fingerprint density at radius 1 is 1.00 bits per heavy atom. The van der Waals surface area contributed by atoms with Crippen LogP contribution in [0.4, 0.5) is 5.69 Å². The van der Waals surface area contributed by atoms with Crippen LogP contribution in [0.5, 0.6) is 11.5 Å². The first-order valence-electron chi connectivity index (χ1n) is 9.42. The molecule has 6 nitrogen and oxygen atoms in total. The summed E-state index contributed by atoms with van der Waals surface area (Å²) in [7, 11) is 1.50. The van der Waals surface area contributed by atoms with Crippen LogP contribution >= 0.6 is 0 Å². The molecule has 0 amide bonds. The number of benzene rings is 3. The third kappa shape index (κ3) is 4.33. The minimum Gasteiger partial charge on any atom is -0.496 e. The first-order valence-corrected chi connectivity index (χ1v) is 9.42. The number of ether oxygens (including phenoxy) is 2. The third-order valence-electron chi connectivity index (χ3n) is 4.73. The molecule has 6 heteroatoms. The minimum absolute atomic E-state index is 0.00218. The van der Waals surface area contributed by atoms with Crippen molar-refractivity contribution >= 4 is 28.7 Å². The van der Waals surface area contributed by atoms with Crippen LogP contribution in [0.1, 0.15) is 16.8 Å². The molecule has 4 rings (SSSR count). The summed E-state index contributed by atoms with van der Waals surface area (Å²) >= 11 is 0. The van der Waals surface area contributed by atoms with Gasteiger partial charge in [0.25, 0.3) is 5.69 Å². The van der Waals surface area contributed by atoms with E-state index in [1.807, 2.05) is 66.7 Å². The summed E-state index contributed by atoms with van der Waals surface area (Å²) in [6, 6.07) is 22.5. The smallest absolute Gasteiger partial charge is 0.273 e. The first kappa shape index (κ1) is 19.3. The molecule has 0 aliphatic heterocycles. The van der Waals surface area contributed by atoms with E-state index in [1.54, 1.807) is 6.07 Å². The Kier molecular flexibility index (Phi) is 5.48. The molecule has 0 bridgehead atoms. The van der Waals surface area contributed by atoms with Crippen molar-refractivity contribution in [3.63, 3.8) is 0 Å². The second-order valence-electron chi connectivity index (χ2n) is 6.76. The van der Waals surface area contributed by atoms with Crippen molar-refractivity contribution in [3.05, 3.63) is 99.7 Å². The first-order chi connectivity index (χ1) is 14.6. The number of aromatic nitrogens is 1. The molecule has 1 aromatic heterocycles. The molecule has 150 valence electrons. The van der Waals surface area contributed by atoms with E-state index in [1.165, 1.54) is 19.2 Å². The zero-order valence-electron chi connectivity index (χ0n) is 16.4. The molecule has 0 unspecified atom stereocenters. The highest BCUT2D eigenvalue weighted by Crippen LogP contribution is 2.27. The highest BCUT2D eigenvalue weighted by atomic mass is 16.6. The number of nitro benzene ring substituents is 1. The predicted octanol–water partition coefficient (Wildman–Crippen LogP) is 5.83. The predicted molar refractivity (Wildman–Crippen MR) is 118 cm³/mol. The summed E-state index contributed by atoms with van der Waals surface area (Å²) in [6.07, 6.45) is 3.77. The largest absolute Gasteiger partial charge is 0.496 e. The lowest BCUT2D eigenvalue weighted by atomic mass is 10.1. The van der Waals surface area contributed by atoms with Crippen molar-refractivity contribution in [3.8, 4) is 11.5 Å². The van der Waals surface area contributed by atoms with Crippen molar-refractivity contribution in [1.29, 1.82) is 0 Å². The monoisotopic (exact) mass is 400 g/mol. The summed E-state index contributed by atoms with van der Waals surface area (Å²) in [6.45, 7) is 0.517. The van der Waals surface area contributed by atoms with Crippen molar-refractivity contribution in [2.24, 2.45) is 0 Å². The zero-order valence-corrected chi connectivity index (χ0v) is 16.4. The van der Waals surface area contributed by atoms with Gasteiger partial charge in [-0.25, -0.2) is 0 Å². The molecule has 0 atom stereocenters. The Labute approximate surface area is 173 Å². The summed E-state index contributed by atoms with van der Waals surface area (Å²) in [5.74, 6) is 1.26. The van der Waals surface area contributed by atoms with Crippen molar-refractivity contribution in [2.45, 2.75) is 6.61 Å². The number of aromatic amines is 1. The van der Waals surface area contributed by atoms with E-state index in [0.717, 1.165) is 33.5 Å². The number of methoxy groups -OCH3 is 1. The van der Waals surface area contributed by atoms with Crippen LogP contribution in [-0.2, 0) is 6.61 Å². The minimum atomic E-state index is -0.439. The number of hydrogen-bond acceptors (Lipinski definition) is 4. The number of nitro groups is 1. The average Bonchev–Trinajstić information content (AvgIpc) is 3.19. The zero-order chi connectivity index (χ0) is 20.9. The molecule has 1 heterocycles. The highest BCUT2D eigenvalue weighted by Gasteiger charge is 2.10. The van der Waals surface area contributed by atoms with Crippen LogP contribution in [0, 0.1) is 10.1 Å². The molecule has 0 fully saturated rings. The second-order valence-corrected chi connectivity index (χ2v) is 6.76. The Morgan fingerprint density at radius 3 is 2.60 bits per heavy atom. The molecule has 0 radical (unpaired) electrons. The lowest BCUT2D eigenvalue weighted by molar-refractivity contribution is -0.384. The van der Waals surface area contributed by atoms with Gasteiger partial charge in [0.15, 0.2) is 0 Å². The van der Waals surface area contributed by atoms with Gasteiger partial charge in [-0.05, 0) is 48.0 Å². The molecule has 0 saturated carbocycles. The fraction of sp³-hybridized carbons (Fsp3) is 0.0833. The second kappa shape index (κ2) is 8.53. The molecule has 0 saturated heterocycles. The molecule has 1 N–H and O–H groups in total. The van der Waals surface area contributed by atoms with Gasteiger partial charge in [-0.1, -0.05) is 30.3 Å². The fourth-order valence-electron chi connectivity index (χ4n) is 3.18. The van der Waals surface area contributed by atoms with E-state index in [2.05, 4.69) is 4.98 Å². The van der Waals surface area contributed by atoms with Gasteiger partial charge in [0, 0.05) is 28.2 Å². The maximum atomic E-state index is 10.9. The summed E-state index contributed by atoms with van der Waals surface area (Å²) in [4.78, 5) is 13.8. The van der Waals surface area contributed by atoms with Gasteiger partial charge in [0.2, 0.25) is 0 Å². The molecular weight excluding hydrogens is 380 g/mol. The van der Waals surface area contributed by atoms with Crippen LogP contribution in [0.2, 0.25) is 0 Å². The average molecular weight is 400 g/mol. The summed E-state index contributed by atoms with van der Waals surface area (Å²) < 4.78 is 11.2. The van der Waals surface area contributed by atoms with Crippen molar-refractivity contribution in [1.82, 2.24) is 4.98 Å². The molecule has 0 aliphatic carbocycles. The van der Waals surface area contributed by atoms with Crippen LogP contribution in [0.3, 0.4) is 0 Å². The molecule has 4 aromatic rings. The Bertz CT molecular complexity index is 1210. The Morgan fingerprint density at radius 2 is 1.83 bits per heavy atom. The van der Waals surface area contributed by atoms with Gasteiger partial charge in [-0.3, -0.25) is 10.1 Å². The van der Waals surface area contributed by atoms with E-state index >= 15 is 0 Å². The number of rotatable bonds is 7. The lowest BCUT2D eigenvalue weighted by Gasteiger charge is -2.06. The van der Waals surface area contributed by atoms with Crippen LogP contribution in [0.15, 0.2) is 72.8 Å². The van der Waals surface area contributed by atoms with Crippen LogP contribution < -0.4 is 9.47 Å². The number of H-pyrrole nitrogens is 1. The van der Waals surface area contributed by atoms with E-state index in [0.29, 0.717) is 12.4 Å². The normalized spacial score (nSPS) is 11.1.